The van der Waals surface area contributed by atoms with Crippen LogP contribution in [0.2, 0.25) is 0 Å². The van der Waals surface area contributed by atoms with Crippen LogP contribution in [-0.2, 0) is 19.6 Å². The molecule has 6 nitrogen and oxygen atoms in total. The Balaban J connectivity index is 1.72. The van der Waals surface area contributed by atoms with Crippen LogP contribution >= 0.6 is 0 Å². The van der Waals surface area contributed by atoms with Gasteiger partial charge in [-0.1, -0.05) is 0 Å². The molecule has 22 heavy (non-hydrogen) atoms. The molecule has 0 N–H and O–H groups in total. The Hall–Kier alpha value is -0.660. The van der Waals surface area contributed by atoms with Gasteiger partial charge in [0.1, 0.15) is 0 Å². The molecule has 0 unspecified atom stereocenters. The third-order valence-corrected chi connectivity index (χ3v) is 6.87. The minimum atomic E-state index is -3.17. The highest BCUT2D eigenvalue weighted by molar-refractivity contribution is 7.89. The number of hydrogen-bond acceptors (Lipinski definition) is 4. The van der Waals surface area contributed by atoms with Crippen LogP contribution in [-0.4, -0.2) is 68.2 Å². The van der Waals surface area contributed by atoms with E-state index in [9.17, 15) is 13.2 Å². The van der Waals surface area contributed by atoms with E-state index < -0.39 is 10.0 Å². The van der Waals surface area contributed by atoms with Crippen molar-refractivity contribution in [2.45, 2.75) is 51.0 Å². The summed E-state index contributed by atoms with van der Waals surface area (Å²) in [5.74, 6) is 0.150. The number of methoxy groups -OCH3 is 1. The summed E-state index contributed by atoms with van der Waals surface area (Å²) < 4.78 is 31.2. The number of hydrogen-bond donors (Lipinski definition) is 0. The molecule has 0 saturated carbocycles. The zero-order valence-corrected chi connectivity index (χ0v) is 14.5. The summed E-state index contributed by atoms with van der Waals surface area (Å²) >= 11 is 0. The number of sulfonamides is 1. The molecular weight excluding hydrogens is 304 g/mol. The normalized spacial score (nSPS) is 22.9. The van der Waals surface area contributed by atoms with Gasteiger partial charge in [-0.3, -0.25) is 4.79 Å². The fraction of sp³-hybridized carbons (Fsp3) is 0.933. The van der Waals surface area contributed by atoms with Gasteiger partial charge in [0.2, 0.25) is 15.9 Å². The van der Waals surface area contributed by atoms with Crippen molar-refractivity contribution in [2.24, 2.45) is 0 Å². The summed E-state index contributed by atoms with van der Waals surface area (Å²) in [5.41, 5.74) is -0.129. The van der Waals surface area contributed by atoms with Crippen LogP contribution < -0.4 is 0 Å². The van der Waals surface area contributed by atoms with E-state index in [1.165, 1.54) is 0 Å². The zero-order valence-electron chi connectivity index (χ0n) is 13.7. The predicted octanol–water partition coefficient (Wildman–Crippen LogP) is 1.22. The van der Waals surface area contributed by atoms with Crippen molar-refractivity contribution in [2.75, 3.05) is 39.0 Å². The van der Waals surface area contributed by atoms with Crippen molar-refractivity contribution in [3.63, 3.8) is 0 Å². The molecule has 0 aliphatic carbocycles. The summed E-state index contributed by atoms with van der Waals surface area (Å²) in [7, 11) is -1.46. The molecule has 2 aliphatic heterocycles. The number of piperidine rings is 1. The van der Waals surface area contributed by atoms with Crippen LogP contribution in [0.25, 0.3) is 0 Å². The van der Waals surface area contributed by atoms with Gasteiger partial charge in [0.05, 0.1) is 11.4 Å². The fourth-order valence-corrected chi connectivity index (χ4v) is 4.67. The van der Waals surface area contributed by atoms with E-state index in [1.54, 1.807) is 11.4 Å². The Bertz CT molecular complexity index is 478. The topological polar surface area (TPSA) is 66.9 Å². The van der Waals surface area contributed by atoms with Gasteiger partial charge in [0, 0.05) is 39.7 Å². The van der Waals surface area contributed by atoms with E-state index in [1.807, 2.05) is 4.90 Å². The number of nitrogens with zero attached hydrogens (tertiary/aromatic N) is 2. The van der Waals surface area contributed by atoms with Gasteiger partial charge in [-0.25, -0.2) is 12.7 Å². The smallest absolute Gasteiger partial charge is 0.222 e. The number of amides is 1. The lowest BCUT2D eigenvalue weighted by Gasteiger charge is -2.38. The molecule has 0 aromatic heterocycles. The van der Waals surface area contributed by atoms with E-state index in [2.05, 4.69) is 6.92 Å². The highest BCUT2D eigenvalue weighted by atomic mass is 32.2. The lowest BCUT2D eigenvalue weighted by atomic mass is 9.93. The van der Waals surface area contributed by atoms with Gasteiger partial charge in [0.15, 0.2) is 0 Å². The largest absolute Gasteiger partial charge is 0.378 e. The van der Waals surface area contributed by atoms with Crippen molar-refractivity contribution < 1.29 is 17.9 Å². The molecule has 2 heterocycles. The monoisotopic (exact) mass is 332 g/mol. The molecule has 0 atom stereocenters. The molecule has 2 aliphatic rings. The van der Waals surface area contributed by atoms with Crippen LogP contribution in [0.4, 0.5) is 0 Å². The fourth-order valence-electron chi connectivity index (χ4n) is 3.09. The Morgan fingerprint density at radius 1 is 1.14 bits per heavy atom. The van der Waals surface area contributed by atoms with Crippen molar-refractivity contribution >= 4 is 15.9 Å². The first-order valence-corrected chi connectivity index (χ1v) is 9.78. The maximum Gasteiger partial charge on any atom is 0.222 e. The third kappa shape index (κ3) is 4.43. The number of carbonyl (C=O) groups excluding carboxylic acids is 1. The molecule has 0 bridgehead atoms. The van der Waals surface area contributed by atoms with Crippen LogP contribution in [0.5, 0.6) is 0 Å². The van der Waals surface area contributed by atoms with E-state index in [4.69, 9.17) is 4.74 Å². The minimum Gasteiger partial charge on any atom is -0.378 e. The van der Waals surface area contributed by atoms with Crippen LogP contribution in [0, 0.1) is 0 Å². The van der Waals surface area contributed by atoms with Gasteiger partial charge in [0.25, 0.3) is 0 Å². The first-order chi connectivity index (χ1) is 10.4. The molecule has 0 spiro atoms. The molecule has 0 aromatic carbocycles. The van der Waals surface area contributed by atoms with Crippen molar-refractivity contribution in [1.82, 2.24) is 9.21 Å². The van der Waals surface area contributed by atoms with Crippen LogP contribution in [0.1, 0.15) is 45.4 Å². The molecule has 2 rings (SSSR count). The van der Waals surface area contributed by atoms with E-state index >= 15 is 0 Å². The minimum absolute atomic E-state index is 0.0646. The molecule has 128 valence electrons. The van der Waals surface area contributed by atoms with Gasteiger partial charge >= 0.3 is 0 Å². The second kappa shape index (κ2) is 7.27. The molecule has 0 aromatic rings. The highest BCUT2D eigenvalue weighted by Gasteiger charge is 2.31. The molecule has 1 amide bonds. The number of rotatable bonds is 6. The molecule has 7 heteroatoms. The molecule has 0 radical (unpaired) electrons. The van der Waals surface area contributed by atoms with Crippen molar-refractivity contribution in [3.05, 3.63) is 0 Å². The Kier molecular flexibility index (Phi) is 5.85. The summed E-state index contributed by atoms with van der Waals surface area (Å²) in [6.45, 7) is 4.73. The SMILES string of the molecule is COC1(C)CCN(C(=O)CCCS(=O)(=O)N2CCCC2)CC1. The Labute approximate surface area is 133 Å². The first-order valence-electron chi connectivity index (χ1n) is 8.17. The standard InChI is InChI=1S/C15H28N2O4S/c1-15(21-2)7-11-16(12-8-15)14(18)6-5-13-22(19,20)17-9-3-4-10-17/h3-13H2,1-2H3. The number of likely N-dealkylation sites (tertiary alicyclic amines) is 1. The van der Waals surface area contributed by atoms with Crippen LogP contribution in [0.3, 0.4) is 0 Å². The third-order valence-electron chi connectivity index (χ3n) is 4.92. The predicted molar refractivity (Wildman–Crippen MR) is 85.1 cm³/mol. The summed E-state index contributed by atoms with van der Waals surface area (Å²) in [4.78, 5) is 14.0. The number of ether oxygens (including phenoxy) is 1. The summed E-state index contributed by atoms with van der Waals surface area (Å²) in [6, 6.07) is 0. The lowest BCUT2D eigenvalue weighted by molar-refractivity contribution is -0.136. The van der Waals surface area contributed by atoms with E-state index in [0.29, 0.717) is 39.0 Å². The van der Waals surface area contributed by atoms with Crippen LogP contribution in [0.15, 0.2) is 0 Å². The second-order valence-electron chi connectivity index (χ2n) is 6.56. The highest BCUT2D eigenvalue weighted by Crippen LogP contribution is 2.25. The van der Waals surface area contributed by atoms with Gasteiger partial charge < -0.3 is 9.64 Å². The van der Waals surface area contributed by atoms with Crippen molar-refractivity contribution in [1.29, 1.82) is 0 Å². The van der Waals surface area contributed by atoms with Gasteiger partial charge in [-0.05, 0) is 39.0 Å². The van der Waals surface area contributed by atoms with Gasteiger partial charge in [-0.2, -0.15) is 0 Å². The quantitative estimate of drug-likeness (QED) is 0.733. The molecule has 2 saturated heterocycles. The summed E-state index contributed by atoms with van der Waals surface area (Å²) in [5, 5.41) is 0. The zero-order chi connectivity index (χ0) is 16.2. The second-order valence-corrected chi connectivity index (χ2v) is 8.65. The Morgan fingerprint density at radius 3 is 2.27 bits per heavy atom. The first kappa shape index (κ1) is 17.7. The lowest BCUT2D eigenvalue weighted by Crippen LogP contribution is -2.46. The average Bonchev–Trinajstić information content (AvgIpc) is 3.03. The maximum atomic E-state index is 12.2. The van der Waals surface area contributed by atoms with Crippen molar-refractivity contribution in [3.8, 4) is 0 Å². The van der Waals surface area contributed by atoms with E-state index in [-0.39, 0.29) is 17.3 Å². The molecule has 2 fully saturated rings. The maximum absolute atomic E-state index is 12.2. The van der Waals surface area contributed by atoms with Gasteiger partial charge in [-0.15, -0.1) is 0 Å². The number of carbonyl (C=O) groups is 1. The summed E-state index contributed by atoms with van der Waals surface area (Å²) in [6.07, 6.45) is 4.30. The Morgan fingerprint density at radius 2 is 1.73 bits per heavy atom. The van der Waals surface area contributed by atoms with E-state index in [0.717, 1.165) is 25.7 Å². The average molecular weight is 332 g/mol. The molecular formula is C15H28N2O4S.